The minimum atomic E-state index is -0.225. The van der Waals surface area contributed by atoms with Crippen LogP contribution in [0.25, 0.3) is 0 Å². The Morgan fingerprint density at radius 1 is 1.21 bits per heavy atom. The van der Waals surface area contributed by atoms with E-state index in [0.717, 1.165) is 39.1 Å². The Kier molecular flexibility index (Phi) is 3.62. The molecule has 2 aliphatic heterocycles. The summed E-state index contributed by atoms with van der Waals surface area (Å²) in [5.74, 6) is 0. The average Bonchev–Trinajstić information content (AvgIpc) is 2.23. The third-order valence-corrected chi connectivity index (χ3v) is 3.45. The summed E-state index contributed by atoms with van der Waals surface area (Å²) < 4.78 is 5.30. The van der Waals surface area contributed by atoms with Crippen molar-refractivity contribution in [1.29, 1.82) is 0 Å². The molecular formula is C9H17ClN2O2. The largest absolute Gasteiger partial charge is 0.379 e. The summed E-state index contributed by atoms with van der Waals surface area (Å²) in [7, 11) is 0. The van der Waals surface area contributed by atoms with Gasteiger partial charge in [-0.15, -0.1) is 11.6 Å². The highest BCUT2D eigenvalue weighted by Crippen LogP contribution is 2.23. The van der Waals surface area contributed by atoms with Gasteiger partial charge in [-0.3, -0.25) is 4.90 Å². The maximum absolute atomic E-state index is 9.35. The summed E-state index contributed by atoms with van der Waals surface area (Å²) in [6, 6.07) is 0.518. The van der Waals surface area contributed by atoms with Gasteiger partial charge >= 0.3 is 0 Å². The van der Waals surface area contributed by atoms with Crippen molar-refractivity contribution in [1.82, 2.24) is 9.96 Å². The van der Waals surface area contributed by atoms with E-state index in [-0.39, 0.29) is 5.50 Å². The van der Waals surface area contributed by atoms with E-state index in [0.29, 0.717) is 12.6 Å². The van der Waals surface area contributed by atoms with Gasteiger partial charge in [0.25, 0.3) is 0 Å². The Hall–Kier alpha value is 0.130. The molecule has 4 nitrogen and oxygen atoms in total. The van der Waals surface area contributed by atoms with E-state index in [1.54, 1.807) is 0 Å². The van der Waals surface area contributed by atoms with E-state index in [4.69, 9.17) is 16.3 Å². The molecule has 0 amide bonds. The molecule has 1 N–H and O–H groups in total. The lowest BCUT2D eigenvalue weighted by Crippen LogP contribution is -2.50. The quantitative estimate of drug-likeness (QED) is 0.522. The van der Waals surface area contributed by atoms with Crippen LogP contribution in [0.2, 0.25) is 0 Å². The molecule has 0 aromatic rings. The second-order valence-corrected chi connectivity index (χ2v) is 4.43. The van der Waals surface area contributed by atoms with Gasteiger partial charge in [-0.2, -0.15) is 5.06 Å². The van der Waals surface area contributed by atoms with Crippen LogP contribution in [0.15, 0.2) is 0 Å². The summed E-state index contributed by atoms with van der Waals surface area (Å²) in [6.07, 6.45) is 1.85. The summed E-state index contributed by atoms with van der Waals surface area (Å²) in [4.78, 5) is 2.42. The third-order valence-electron chi connectivity index (χ3n) is 3.04. The topological polar surface area (TPSA) is 35.9 Å². The molecule has 2 fully saturated rings. The fourth-order valence-corrected chi connectivity index (χ4v) is 2.46. The fourth-order valence-electron chi connectivity index (χ4n) is 2.16. The van der Waals surface area contributed by atoms with Gasteiger partial charge in [0.1, 0.15) is 5.50 Å². The number of ether oxygens (including phenoxy) is 1. The van der Waals surface area contributed by atoms with Gasteiger partial charge in [-0.1, -0.05) is 0 Å². The van der Waals surface area contributed by atoms with Gasteiger partial charge < -0.3 is 9.94 Å². The molecule has 0 aliphatic carbocycles. The Morgan fingerprint density at radius 2 is 1.93 bits per heavy atom. The molecule has 2 aliphatic rings. The fraction of sp³-hybridized carbons (Fsp3) is 1.00. The second kappa shape index (κ2) is 4.77. The number of halogens is 1. The first kappa shape index (κ1) is 10.6. The lowest BCUT2D eigenvalue weighted by molar-refractivity contribution is -0.133. The highest BCUT2D eigenvalue weighted by atomic mass is 35.5. The Labute approximate surface area is 89.3 Å². The molecule has 14 heavy (non-hydrogen) atoms. The van der Waals surface area contributed by atoms with E-state index in [1.165, 1.54) is 5.06 Å². The van der Waals surface area contributed by atoms with Gasteiger partial charge in [0.2, 0.25) is 0 Å². The molecule has 0 bridgehead atoms. The van der Waals surface area contributed by atoms with Crippen LogP contribution in [0, 0.1) is 0 Å². The van der Waals surface area contributed by atoms with Crippen LogP contribution in [0.5, 0.6) is 0 Å². The Balaban J connectivity index is 1.85. The second-order valence-electron chi connectivity index (χ2n) is 3.92. The van der Waals surface area contributed by atoms with Crippen molar-refractivity contribution in [2.24, 2.45) is 0 Å². The van der Waals surface area contributed by atoms with Crippen molar-refractivity contribution >= 4 is 11.6 Å². The third kappa shape index (κ3) is 2.38. The molecule has 2 heterocycles. The van der Waals surface area contributed by atoms with Crippen molar-refractivity contribution in [3.63, 3.8) is 0 Å². The molecule has 82 valence electrons. The maximum atomic E-state index is 9.35. The Morgan fingerprint density at radius 3 is 2.57 bits per heavy atom. The minimum Gasteiger partial charge on any atom is -0.379 e. The van der Waals surface area contributed by atoms with Crippen molar-refractivity contribution in [2.75, 3.05) is 32.8 Å². The average molecular weight is 221 g/mol. The molecule has 2 saturated heterocycles. The number of hydrogen-bond acceptors (Lipinski definition) is 4. The number of rotatable bonds is 1. The maximum Gasteiger partial charge on any atom is 0.110 e. The molecule has 0 radical (unpaired) electrons. The molecule has 5 heteroatoms. The summed E-state index contributed by atoms with van der Waals surface area (Å²) in [6.45, 7) is 4.33. The molecule has 0 aromatic heterocycles. The smallest absolute Gasteiger partial charge is 0.110 e. The van der Waals surface area contributed by atoms with E-state index in [2.05, 4.69) is 4.90 Å². The number of piperidine rings is 1. The number of alkyl halides is 1. The number of hydroxylamine groups is 2. The van der Waals surface area contributed by atoms with E-state index < -0.39 is 0 Å². The van der Waals surface area contributed by atoms with Crippen LogP contribution in [-0.2, 0) is 4.74 Å². The monoisotopic (exact) mass is 220 g/mol. The van der Waals surface area contributed by atoms with Crippen molar-refractivity contribution in [3.8, 4) is 0 Å². The molecule has 2 atom stereocenters. The van der Waals surface area contributed by atoms with Crippen LogP contribution in [-0.4, -0.2) is 59.6 Å². The molecular weight excluding hydrogens is 204 g/mol. The molecule has 0 aromatic carbocycles. The first-order chi connectivity index (χ1) is 6.77. The zero-order chi connectivity index (χ0) is 9.97. The van der Waals surface area contributed by atoms with Gasteiger partial charge in [0.15, 0.2) is 0 Å². The molecule has 0 spiro atoms. The molecule has 0 saturated carbocycles. The van der Waals surface area contributed by atoms with E-state index in [1.807, 2.05) is 0 Å². The molecule has 2 rings (SSSR count). The first-order valence-corrected chi connectivity index (χ1v) is 5.62. The van der Waals surface area contributed by atoms with Crippen LogP contribution in [0.4, 0.5) is 0 Å². The predicted octanol–water partition coefficient (Wildman–Crippen LogP) is 0.737. The SMILES string of the molecule is ON1CCC(N2CCOCC2)CC1Cl. The van der Waals surface area contributed by atoms with Crippen LogP contribution < -0.4 is 0 Å². The Bertz CT molecular complexity index is 188. The lowest BCUT2D eigenvalue weighted by Gasteiger charge is -2.40. The van der Waals surface area contributed by atoms with E-state index in [9.17, 15) is 5.21 Å². The normalized spacial score (nSPS) is 37.3. The van der Waals surface area contributed by atoms with Crippen molar-refractivity contribution in [3.05, 3.63) is 0 Å². The van der Waals surface area contributed by atoms with Gasteiger partial charge in [0, 0.05) is 25.7 Å². The zero-order valence-corrected chi connectivity index (χ0v) is 8.99. The summed E-state index contributed by atoms with van der Waals surface area (Å²) >= 11 is 6.00. The van der Waals surface area contributed by atoms with Crippen LogP contribution in [0.1, 0.15) is 12.8 Å². The van der Waals surface area contributed by atoms with Gasteiger partial charge in [-0.25, -0.2) is 0 Å². The van der Waals surface area contributed by atoms with Gasteiger partial charge in [-0.05, 0) is 12.8 Å². The lowest BCUT2D eigenvalue weighted by atomic mass is 10.0. The number of hydrogen-bond donors (Lipinski definition) is 1. The van der Waals surface area contributed by atoms with Crippen LogP contribution in [0.3, 0.4) is 0 Å². The van der Waals surface area contributed by atoms with Gasteiger partial charge in [0.05, 0.1) is 13.2 Å². The number of morpholine rings is 1. The highest BCUT2D eigenvalue weighted by molar-refractivity contribution is 6.20. The first-order valence-electron chi connectivity index (χ1n) is 5.19. The highest BCUT2D eigenvalue weighted by Gasteiger charge is 2.30. The summed E-state index contributed by atoms with van der Waals surface area (Å²) in [5, 5.41) is 10.6. The van der Waals surface area contributed by atoms with E-state index >= 15 is 0 Å². The minimum absolute atomic E-state index is 0.225. The standard InChI is InChI=1S/C9H17ClN2O2/c10-9-7-8(1-2-12(9)13)11-3-5-14-6-4-11/h8-9,13H,1-7H2. The zero-order valence-electron chi connectivity index (χ0n) is 8.23. The van der Waals surface area contributed by atoms with Crippen molar-refractivity contribution in [2.45, 2.75) is 24.4 Å². The molecule has 2 unspecified atom stereocenters. The predicted molar refractivity (Wildman–Crippen MR) is 53.5 cm³/mol. The summed E-state index contributed by atoms with van der Waals surface area (Å²) in [5.41, 5.74) is -0.225. The van der Waals surface area contributed by atoms with Crippen LogP contribution >= 0.6 is 11.6 Å². The number of nitrogens with zero attached hydrogens (tertiary/aromatic N) is 2. The van der Waals surface area contributed by atoms with Crippen molar-refractivity contribution < 1.29 is 9.94 Å².